The lowest BCUT2D eigenvalue weighted by molar-refractivity contribution is 0.232. The fourth-order valence-corrected chi connectivity index (χ4v) is 4.42. The minimum Gasteiger partial charge on any atom is -0.317 e. The van der Waals surface area contributed by atoms with E-state index in [0.717, 1.165) is 25.9 Å². The largest absolute Gasteiger partial charge is 0.317 e. The molecule has 0 spiro atoms. The fraction of sp³-hybridized carbons (Fsp3) is 0.538. The average molecular weight is 347 g/mol. The zero-order valence-electron chi connectivity index (χ0n) is 10.9. The van der Waals surface area contributed by atoms with Crippen LogP contribution in [-0.4, -0.2) is 28.1 Å². The van der Waals surface area contributed by atoms with Crippen molar-refractivity contribution in [2.75, 3.05) is 19.6 Å². The van der Waals surface area contributed by atoms with Crippen molar-refractivity contribution in [3.63, 3.8) is 0 Å². The van der Waals surface area contributed by atoms with Crippen molar-refractivity contribution in [3.05, 3.63) is 28.7 Å². The van der Waals surface area contributed by atoms with E-state index in [1.807, 2.05) is 0 Å². The van der Waals surface area contributed by atoms with Gasteiger partial charge in [-0.25, -0.2) is 13.1 Å². The highest BCUT2D eigenvalue weighted by Gasteiger charge is 2.29. The lowest BCUT2D eigenvalue weighted by atomic mass is 9.81. The molecular formula is C13H19BrN2O2S. The van der Waals surface area contributed by atoms with Crippen molar-refractivity contribution in [3.8, 4) is 0 Å². The molecule has 2 rings (SSSR count). The fourth-order valence-electron chi connectivity index (χ4n) is 2.22. The van der Waals surface area contributed by atoms with Crippen LogP contribution in [0.5, 0.6) is 0 Å². The highest BCUT2D eigenvalue weighted by Crippen LogP contribution is 2.28. The van der Waals surface area contributed by atoms with Crippen molar-refractivity contribution in [2.24, 2.45) is 5.41 Å². The molecule has 2 N–H and O–H groups in total. The molecule has 1 fully saturated rings. The lowest BCUT2D eigenvalue weighted by Crippen LogP contribution is -2.42. The number of rotatable bonds is 4. The molecule has 1 saturated heterocycles. The number of hydrogen-bond acceptors (Lipinski definition) is 3. The van der Waals surface area contributed by atoms with Crippen LogP contribution in [0.2, 0.25) is 0 Å². The Morgan fingerprint density at radius 1 is 1.32 bits per heavy atom. The van der Waals surface area contributed by atoms with Gasteiger partial charge in [-0.1, -0.05) is 19.1 Å². The standard InChI is InChI=1S/C13H19BrN2O2S/c1-13(6-8-15-9-7-13)10-16-19(17,18)12-5-3-2-4-11(12)14/h2-5,15-16H,6-10H2,1H3. The van der Waals surface area contributed by atoms with Crippen molar-refractivity contribution in [2.45, 2.75) is 24.7 Å². The SMILES string of the molecule is CC1(CNS(=O)(=O)c2ccccc2Br)CCNCC1. The molecule has 0 amide bonds. The number of sulfonamides is 1. The molecule has 0 aromatic heterocycles. The van der Waals surface area contributed by atoms with Crippen LogP contribution < -0.4 is 10.0 Å². The summed E-state index contributed by atoms with van der Waals surface area (Å²) in [6.07, 6.45) is 1.98. The van der Waals surface area contributed by atoms with Crippen molar-refractivity contribution < 1.29 is 8.42 Å². The highest BCUT2D eigenvalue weighted by molar-refractivity contribution is 9.10. The van der Waals surface area contributed by atoms with E-state index < -0.39 is 10.0 Å². The molecule has 6 heteroatoms. The summed E-state index contributed by atoms with van der Waals surface area (Å²) >= 11 is 3.28. The second kappa shape index (κ2) is 5.91. The summed E-state index contributed by atoms with van der Waals surface area (Å²) in [5, 5.41) is 3.29. The molecule has 0 bridgehead atoms. The molecule has 1 aliphatic rings. The summed E-state index contributed by atoms with van der Waals surface area (Å²) in [4.78, 5) is 0.299. The van der Waals surface area contributed by atoms with Gasteiger partial charge in [-0.05, 0) is 59.4 Å². The van der Waals surface area contributed by atoms with Gasteiger partial charge in [0.15, 0.2) is 0 Å². The number of hydrogen-bond donors (Lipinski definition) is 2. The van der Waals surface area contributed by atoms with E-state index >= 15 is 0 Å². The van der Waals surface area contributed by atoms with Crippen molar-refractivity contribution in [1.82, 2.24) is 10.0 Å². The Morgan fingerprint density at radius 3 is 2.58 bits per heavy atom. The molecule has 19 heavy (non-hydrogen) atoms. The zero-order chi connectivity index (χ0) is 13.9. The molecule has 0 atom stereocenters. The molecule has 1 aliphatic heterocycles. The van der Waals surface area contributed by atoms with E-state index in [2.05, 4.69) is 32.9 Å². The lowest BCUT2D eigenvalue weighted by Gasteiger charge is -2.34. The second-order valence-corrected chi connectivity index (χ2v) is 7.91. The topological polar surface area (TPSA) is 58.2 Å². The summed E-state index contributed by atoms with van der Waals surface area (Å²) in [6.45, 7) is 4.52. The van der Waals surface area contributed by atoms with Gasteiger partial charge in [-0.2, -0.15) is 0 Å². The van der Waals surface area contributed by atoms with E-state index in [1.165, 1.54) is 0 Å². The van der Waals surface area contributed by atoms with Crippen molar-refractivity contribution >= 4 is 26.0 Å². The molecule has 1 aromatic carbocycles. The maximum Gasteiger partial charge on any atom is 0.241 e. The molecular weight excluding hydrogens is 328 g/mol. The first-order valence-corrected chi connectivity index (χ1v) is 8.66. The molecule has 0 radical (unpaired) electrons. The smallest absolute Gasteiger partial charge is 0.241 e. The number of piperidine rings is 1. The molecule has 106 valence electrons. The van der Waals surface area contributed by atoms with E-state index in [4.69, 9.17) is 0 Å². The van der Waals surface area contributed by atoms with Gasteiger partial charge < -0.3 is 5.32 Å². The Morgan fingerprint density at radius 2 is 1.95 bits per heavy atom. The first-order valence-electron chi connectivity index (χ1n) is 6.38. The minimum absolute atomic E-state index is 0.0412. The monoisotopic (exact) mass is 346 g/mol. The molecule has 0 aliphatic carbocycles. The third kappa shape index (κ3) is 3.78. The highest BCUT2D eigenvalue weighted by atomic mass is 79.9. The summed E-state index contributed by atoms with van der Waals surface area (Å²) in [5.74, 6) is 0. The van der Waals surface area contributed by atoms with Gasteiger partial charge in [0.05, 0.1) is 4.90 Å². The summed E-state index contributed by atoms with van der Waals surface area (Å²) in [7, 11) is -3.45. The van der Waals surface area contributed by atoms with E-state index in [0.29, 0.717) is 15.9 Å². The Kier molecular flexibility index (Phi) is 4.66. The van der Waals surface area contributed by atoms with Crippen LogP contribution in [0.25, 0.3) is 0 Å². The number of nitrogens with one attached hydrogen (secondary N) is 2. The van der Waals surface area contributed by atoms with Crippen LogP contribution in [0.4, 0.5) is 0 Å². The van der Waals surface area contributed by atoms with Crippen LogP contribution in [0.15, 0.2) is 33.6 Å². The van der Waals surface area contributed by atoms with Crippen molar-refractivity contribution in [1.29, 1.82) is 0 Å². The van der Waals surface area contributed by atoms with Gasteiger partial charge in [0.2, 0.25) is 10.0 Å². The quantitative estimate of drug-likeness (QED) is 0.877. The normalized spacial score (nSPS) is 19.3. The first kappa shape index (κ1) is 15.0. The molecule has 0 saturated carbocycles. The second-order valence-electron chi connectivity index (χ2n) is 5.32. The molecule has 1 heterocycles. The number of benzene rings is 1. The summed E-state index contributed by atoms with van der Waals surface area (Å²) in [6, 6.07) is 6.88. The predicted octanol–water partition coefficient (Wildman–Crippen LogP) is 2.12. The number of halogens is 1. The van der Waals surface area contributed by atoms with Gasteiger partial charge in [0.1, 0.15) is 0 Å². The third-order valence-electron chi connectivity index (χ3n) is 3.63. The van der Waals surface area contributed by atoms with Crippen LogP contribution in [-0.2, 0) is 10.0 Å². The Labute approximate surface area is 123 Å². The Bertz CT molecular complexity index is 539. The van der Waals surface area contributed by atoms with E-state index in [1.54, 1.807) is 24.3 Å². The Balaban J connectivity index is 2.08. The Hall–Kier alpha value is -0.430. The maximum atomic E-state index is 12.3. The third-order valence-corrected chi connectivity index (χ3v) is 6.04. The average Bonchev–Trinajstić information content (AvgIpc) is 2.38. The van der Waals surface area contributed by atoms with E-state index in [-0.39, 0.29) is 5.41 Å². The van der Waals surface area contributed by atoms with Gasteiger partial charge in [0, 0.05) is 11.0 Å². The van der Waals surface area contributed by atoms with Gasteiger partial charge >= 0.3 is 0 Å². The van der Waals surface area contributed by atoms with Crippen LogP contribution >= 0.6 is 15.9 Å². The van der Waals surface area contributed by atoms with Gasteiger partial charge in [-0.15, -0.1) is 0 Å². The van der Waals surface area contributed by atoms with E-state index in [9.17, 15) is 8.42 Å². The van der Waals surface area contributed by atoms with Gasteiger partial charge in [0.25, 0.3) is 0 Å². The molecule has 0 unspecified atom stereocenters. The van der Waals surface area contributed by atoms with Crippen LogP contribution in [0.3, 0.4) is 0 Å². The predicted molar refractivity (Wildman–Crippen MR) is 79.5 cm³/mol. The molecule has 1 aromatic rings. The first-order chi connectivity index (χ1) is 8.93. The maximum absolute atomic E-state index is 12.3. The molecule has 4 nitrogen and oxygen atoms in total. The van der Waals surface area contributed by atoms with Crippen LogP contribution in [0.1, 0.15) is 19.8 Å². The summed E-state index contributed by atoms with van der Waals surface area (Å²) < 4.78 is 27.9. The zero-order valence-corrected chi connectivity index (χ0v) is 13.4. The summed E-state index contributed by atoms with van der Waals surface area (Å²) in [5.41, 5.74) is 0.0412. The van der Waals surface area contributed by atoms with Gasteiger partial charge in [-0.3, -0.25) is 0 Å². The van der Waals surface area contributed by atoms with Crippen LogP contribution in [0, 0.1) is 5.41 Å². The minimum atomic E-state index is -3.45.